The van der Waals surface area contributed by atoms with Crippen LogP contribution in [0.1, 0.15) is 12.5 Å². The molecule has 0 fully saturated rings. The molecule has 0 amide bonds. The van der Waals surface area contributed by atoms with Gasteiger partial charge in [-0.3, -0.25) is 0 Å². The van der Waals surface area contributed by atoms with E-state index in [4.69, 9.17) is 5.11 Å². The third-order valence-electron chi connectivity index (χ3n) is 2.66. The maximum Gasteiger partial charge on any atom is 0.200 e. The van der Waals surface area contributed by atoms with Crippen molar-refractivity contribution in [2.75, 3.05) is 6.61 Å². The normalized spacial score (nSPS) is 19.1. The molecule has 0 aromatic heterocycles. The molecule has 1 heterocycles. The summed E-state index contributed by atoms with van der Waals surface area (Å²) < 4.78 is 24.5. The number of sulfone groups is 1. The zero-order valence-corrected chi connectivity index (χ0v) is 11.0. The van der Waals surface area contributed by atoms with Crippen LogP contribution in [0.5, 0.6) is 0 Å². The molecule has 1 atom stereocenters. The van der Waals surface area contributed by atoms with Crippen molar-refractivity contribution in [2.24, 2.45) is 5.92 Å². The first kappa shape index (κ1) is 11.8. The van der Waals surface area contributed by atoms with Crippen LogP contribution < -0.4 is 0 Å². The van der Waals surface area contributed by atoms with E-state index in [1.54, 1.807) is 25.1 Å². The minimum atomic E-state index is -3.34. The van der Waals surface area contributed by atoms with Gasteiger partial charge in [-0.05, 0) is 17.7 Å². The zero-order valence-electron chi connectivity index (χ0n) is 8.64. The van der Waals surface area contributed by atoms with Gasteiger partial charge in [-0.15, -0.1) is 0 Å². The molecule has 1 unspecified atom stereocenters. The molecule has 1 aliphatic rings. The second kappa shape index (κ2) is 3.98. The number of halogens is 1. The van der Waals surface area contributed by atoms with Gasteiger partial charge in [0, 0.05) is 28.0 Å². The van der Waals surface area contributed by atoms with E-state index in [1.807, 2.05) is 0 Å². The van der Waals surface area contributed by atoms with E-state index < -0.39 is 9.84 Å². The molecule has 0 saturated carbocycles. The summed E-state index contributed by atoms with van der Waals surface area (Å²) in [5.74, 6) is -0.185. The molecule has 2 rings (SSSR count). The molecule has 0 bridgehead atoms. The van der Waals surface area contributed by atoms with Crippen LogP contribution in [0.15, 0.2) is 33.0 Å². The molecule has 0 radical (unpaired) electrons. The third-order valence-corrected chi connectivity index (χ3v) is 4.84. The molecule has 0 aliphatic carbocycles. The Balaban J connectivity index is 2.72. The van der Waals surface area contributed by atoms with Crippen LogP contribution in [0, 0.1) is 5.92 Å². The van der Waals surface area contributed by atoms with E-state index in [1.165, 1.54) is 5.41 Å². The number of rotatable bonds is 2. The molecule has 0 spiro atoms. The monoisotopic (exact) mass is 302 g/mol. The predicted octanol–water partition coefficient (Wildman–Crippen LogP) is 2.21. The summed E-state index contributed by atoms with van der Waals surface area (Å²) in [5, 5.41) is 10.4. The Morgan fingerprint density at radius 2 is 2.12 bits per heavy atom. The van der Waals surface area contributed by atoms with Crippen LogP contribution >= 0.6 is 15.9 Å². The molecular weight excluding hydrogens is 292 g/mol. The van der Waals surface area contributed by atoms with Crippen molar-refractivity contribution in [3.05, 3.63) is 33.6 Å². The van der Waals surface area contributed by atoms with E-state index in [9.17, 15) is 8.42 Å². The minimum absolute atomic E-state index is 0.0673. The van der Waals surface area contributed by atoms with E-state index in [2.05, 4.69) is 15.9 Å². The van der Waals surface area contributed by atoms with Crippen molar-refractivity contribution in [3.8, 4) is 0 Å². The van der Waals surface area contributed by atoms with Gasteiger partial charge in [0.05, 0.1) is 4.90 Å². The Labute approximate surface area is 103 Å². The number of hydrogen-bond acceptors (Lipinski definition) is 3. The third kappa shape index (κ3) is 1.73. The average Bonchev–Trinajstić information content (AvgIpc) is 2.52. The summed E-state index contributed by atoms with van der Waals surface area (Å²) in [4.78, 5) is 0.317. The van der Waals surface area contributed by atoms with E-state index in [0.717, 1.165) is 4.47 Å². The van der Waals surface area contributed by atoms with Gasteiger partial charge in [0.1, 0.15) is 0 Å². The van der Waals surface area contributed by atoms with Gasteiger partial charge in [-0.1, -0.05) is 28.9 Å². The first-order valence-electron chi connectivity index (χ1n) is 4.84. The van der Waals surface area contributed by atoms with Crippen LogP contribution in [0.25, 0.3) is 5.57 Å². The Hall–Kier alpha value is -0.650. The maximum absolute atomic E-state index is 11.9. The molecule has 1 aromatic rings. The number of aliphatic hydroxyl groups excluding tert-OH is 1. The summed E-state index contributed by atoms with van der Waals surface area (Å²) >= 11 is 3.35. The smallest absolute Gasteiger partial charge is 0.200 e. The molecule has 1 N–H and O–H groups in total. The van der Waals surface area contributed by atoms with Gasteiger partial charge in [0.15, 0.2) is 0 Å². The van der Waals surface area contributed by atoms with E-state index in [0.29, 0.717) is 16.0 Å². The Bertz CT molecular complexity index is 561. The summed E-state index contributed by atoms with van der Waals surface area (Å²) in [6.45, 7) is 1.73. The van der Waals surface area contributed by atoms with Crippen molar-refractivity contribution in [1.29, 1.82) is 0 Å². The molecule has 0 saturated heterocycles. The fraction of sp³-hybridized carbons (Fsp3) is 0.273. The van der Waals surface area contributed by atoms with Crippen molar-refractivity contribution in [2.45, 2.75) is 11.8 Å². The van der Waals surface area contributed by atoms with Gasteiger partial charge >= 0.3 is 0 Å². The molecule has 16 heavy (non-hydrogen) atoms. The van der Waals surface area contributed by atoms with Crippen LogP contribution in [-0.4, -0.2) is 20.1 Å². The molecule has 5 heteroatoms. The SMILES string of the molecule is CC(CO)C1=CS(=O)(=O)c2cccc(Br)c21. The highest BCUT2D eigenvalue weighted by molar-refractivity contribution is 9.10. The van der Waals surface area contributed by atoms with Crippen molar-refractivity contribution < 1.29 is 13.5 Å². The van der Waals surface area contributed by atoms with Gasteiger partial charge in [0.25, 0.3) is 0 Å². The number of benzene rings is 1. The quantitative estimate of drug-likeness (QED) is 0.911. The van der Waals surface area contributed by atoms with Gasteiger partial charge in [-0.25, -0.2) is 8.42 Å². The Kier molecular flexibility index (Phi) is 2.94. The summed E-state index contributed by atoms with van der Waals surface area (Å²) in [6, 6.07) is 5.08. The topological polar surface area (TPSA) is 54.4 Å². The molecule has 1 aromatic carbocycles. The largest absolute Gasteiger partial charge is 0.396 e. The van der Waals surface area contributed by atoms with Gasteiger partial charge in [-0.2, -0.15) is 0 Å². The molecule has 1 aliphatic heterocycles. The Morgan fingerprint density at radius 3 is 2.75 bits per heavy atom. The van der Waals surface area contributed by atoms with Crippen molar-refractivity contribution in [1.82, 2.24) is 0 Å². The fourth-order valence-electron chi connectivity index (χ4n) is 1.77. The molecular formula is C11H11BrO3S. The lowest BCUT2D eigenvalue weighted by Gasteiger charge is -2.11. The Morgan fingerprint density at radius 1 is 1.44 bits per heavy atom. The second-order valence-corrected chi connectivity index (χ2v) is 6.43. The average molecular weight is 303 g/mol. The number of aliphatic hydroxyl groups is 1. The zero-order chi connectivity index (χ0) is 11.9. The van der Waals surface area contributed by atoms with Gasteiger partial charge < -0.3 is 5.11 Å². The summed E-state index contributed by atoms with van der Waals surface area (Å²) in [7, 11) is -3.34. The highest BCUT2D eigenvalue weighted by atomic mass is 79.9. The van der Waals surface area contributed by atoms with Crippen molar-refractivity contribution >= 4 is 31.3 Å². The first-order chi connectivity index (χ1) is 7.47. The lowest BCUT2D eigenvalue weighted by atomic mass is 9.96. The van der Waals surface area contributed by atoms with Crippen LogP contribution in [0.4, 0.5) is 0 Å². The van der Waals surface area contributed by atoms with Crippen molar-refractivity contribution in [3.63, 3.8) is 0 Å². The molecule has 86 valence electrons. The lowest BCUT2D eigenvalue weighted by molar-refractivity contribution is 0.266. The highest BCUT2D eigenvalue weighted by Crippen LogP contribution is 2.41. The number of fused-ring (bicyclic) bond motifs is 1. The van der Waals surface area contributed by atoms with E-state index in [-0.39, 0.29) is 12.5 Å². The maximum atomic E-state index is 11.9. The standard InChI is InChI=1S/C11H11BrO3S/c1-7(5-13)8-6-16(14,15)10-4-2-3-9(12)11(8)10/h2-4,6-7,13H,5H2,1H3. The first-order valence-corrected chi connectivity index (χ1v) is 7.17. The summed E-state index contributed by atoms with van der Waals surface area (Å²) in [6.07, 6.45) is 0. The fourth-order valence-corrected chi connectivity index (χ4v) is 4.09. The predicted molar refractivity (Wildman–Crippen MR) is 65.6 cm³/mol. The highest BCUT2D eigenvalue weighted by Gasteiger charge is 2.30. The van der Waals surface area contributed by atoms with Gasteiger partial charge in [0.2, 0.25) is 9.84 Å². The minimum Gasteiger partial charge on any atom is -0.396 e. The number of hydrogen-bond donors (Lipinski definition) is 1. The summed E-state index contributed by atoms with van der Waals surface area (Å²) in [5.41, 5.74) is 1.36. The molecule has 3 nitrogen and oxygen atoms in total. The van der Waals surface area contributed by atoms with E-state index >= 15 is 0 Å². The second-order valence-electron chi connectivity index (χ2n) is 3.81. The van der Waals surface area contributed by atoms with Crippen LogP contribution in [0.3, 0.4) is 0 Å². The van der Waals surface area contributed by atoms with Crippen LogP contribution in [0.2, 0.25) is 0 Å². The lowest BCUT2D eigenvalue weighted by Crippen LogP contribution is -2.03. The van der Waals surface area contributed by atoms with Crippen LogP contribution in [-0.2, 0) is 9.84 Å².